The predicted molar refractivity (Wildman–Crippen MR) is 87.7 cm³/mol. The first-order chi connectivity index (χ1) is 11.2. The van der Waals surface area contributed by atoms with E-state index in [0.717, 1.165) is 24.2 Å². The van der Waals surface area contributed by atoms with Crippen molar-refractivity contribution in [1.82, 2.24) is 9.88 Å². The van der Waals surface area contributed by atoms with Crippen molar-refractivity contribution in [3.05, 3.63) is 24.3 Å². The van der Waals surface area contributed by atoms with Crippen LogP contribution in [0.25, 0.3) is 11.1 Å². The molecule has 2 aliphatic rings. The van der Waals surface area contributed by atoms with E-state index in [0.29, 0.717) is 38.9 Å². The van der Waals surface area contributed by atoms with Gasteiger partial charge in [0, 0.05) is 13.1 Å². The van der Waals surface area contributed by atoms with Gasteiger partial charge in [-0.1, -0.05) is 12.1 Å². The number of benzene rings is 1. The third-order valence-electron chi connectivity index (χ3n) is 4.63. The lowest BCUT2D eigenvalue weighted by Crippen LogP contribution is -2.52. The molecule has 0 aliphatic carbocycles. The summed E-state index contributed by atoms with van der Waals surface area (Å²) < 4.78 is 11.5. The van der Waals surface area contributed by atoms with Crippen LogP contribution in [0, 0.1) is 0 Å². The van der Waals surface area contributed by atoms with E-state index in [9.17, 15) is 5.11 Å². The zero-order chi connectivity index (χ0) is 15.7. The van der Waals surface area contributed by atoms with Gasteiger partial charge in [-0.3, -0.25) is 0 Å². The van der Waals surface area contributed by atoms with Crippen LogP contribution in [0.15, 0.2) is 28.7 Å². The molecule has 1 unspecified atom stereocenters. The van der Waals surface area contributed by atoms with E-state index in [-0.39, 0.29) is 0 Å². The zero-order valence-corrected chi connectivity index (χ0v) is 13.3. The molecule has 1 N–H and O–H groups in total. The summed E-state index contributed by atoms with van der Waals surface area (Å²) in [7, 11) is 0. The number of aliphatic hydroxyl groups is 1. The second-order valence-electron chi connectivity index (χ2n) is 6.65. The molecule has 6 heteroatoms. The minimum Gasteiger partial charge on any atom is -0.423 e. The highest BCUT2D eigenvalue weighted by molar-refractivity contribution is 5.74. The third kappa shape index (κ3) is 3.20. The van der Waals surface area contributed by atoms with Crippen LogP contribution < -0.4 is 4.90 Å². The number of ether oxygens (including phenoxy) is 1. The highest BCUT2D eigenvalue weighted by Crippen LogP contribution is 2.25. The van der Waals surface area contributed by atoms with Gasteiger partial charge in [0.15, 0.2) is 5.58 Å². The van der Waals surface area contributed by atoms with Crippen LogP contribution in [0.3, 0.4) is 0 Å². The van der Waals surface area contributed by atoms with Gasteiger partial charge in [0.05, 0.1) is 19.8 Å². The largest absolute Gasteiger partial charge is 0.423 e. The van der Waals surface area contributed by atoms with Crippen LogP contribution in [0.2, 0.25) is 0 Å². The Hall–Kier alpha value is -1.63. The number of anilines is 1. The van der Waals surface area contributed by atoms with E-state index in [1.54, 1.807) is 0 Å². The van der Waals surface area contributed by atoms with Crippen LogP contribution >= 0.6 is 0 Å². The van der Waals surface area contributed by atoms with Crippen LogP contribution in [0.1, 0.15) is 12.8 Å². The summed E-state index contributed by atoms with van der Waals surface area (Å²) in [4.78, 5) is 8.88. The number of hydrogen-bond donors (Lipinski definition) is 1. The molecule has 2 aromatic rings. The second-order valence-corrected chi connectivity index (χ2v) is 6.65. The SMILES string of the molecule is OC1(CN2CCCC2)COCCN(c2nc3ccccc3o2)C1. The number of para-hydroxylation sites is 2. The van der Waals surface area contributed by atoms with Crippen molar-refractivity contribution in [2.75, 3.05) is 50.8 Å². The molecule has 0 amide bonds. The van der Waals surface area contributed by atoms with E-state index in [1.807, 2.05) is 29.2 Å². The molecular weight excluding hydrogens is 294 g/mol. The Morgan fingerprint density at radius 1 is 1.17 bits per heavy atom. The van der Waals surface area contributed by atoms with E-state index >= 15 is 0 Å². The molecule has 0 bridgehead atoms. The molecule has 0 radical (unpaired) electrons. The summed E-state index contributed by atoms with van der Waals surface area (Å²) in [5, 5.41) is 11.0. The van der Waals surface area contributed by atoms with E-state index in [4.69, 9.17) is 9.15 Å². The van der Waals surface area contributed by atoms with Crippen LogP contribution in [0.4, 0.5) is 6.01 Å². The number of β-amino-alcohol motifs (C(OH)–C–C–N with tert-alkyl or cyclic N) is 1. The third-order valence-corrected chi connectivity index (χ3v) is 4.63. The van der Waals surface area contributed by atoms with Gasteiger partial charge >= 0.3 is 0 Å². The molecule has 2 saturated heterocycles. The van der Waals surface area contributed by atoms with Gasteiger partial charge in [-0.2, -0.15) is 4.98 Å². The minimum atomic E-state index is -0.887. The van der Waals surface area contributed by atoms with Gasteiger partial charge in [0.25, 0.3) is 6.01 Å². The number of likely N-dealkylation sites (tertiary alicyclic amines) is 1. The van der Waals surface area contributed by atoms with Crippen molar-refractivity contribution in [2.24, 2.45) is 0 Å². The molecule has 2 fully saturated rings. The molecule has 2 aliphatic heterocycles. The Bertz CT molecular complexity index is 635. The van der Waals surface area contributed by atoms with Crippen LogP contribution in [-0.2, 0) is 4.74 Å². The van der Waals surface area contributed by atoms with Crippen LogP contribution in [-0.4, -0.2) is 66.5 Å². The van der Waals surface area contributed by atoms with Gasteiger partial charge in [-0.25, -0.2) is 0 Å². The Balaban J connectivity index is 1.55. The maximum absolute atomic E-state index is 11.0. The summed E-state index contributed by atoms with van der Waals surface area (Å²) in [6.07, 6.45) is 2.43. The van der Waals surface area contributed by atoms with E-state index in [1.165, 1.54) is 12.8 Å². The number of aromatic nitrogens is 1. The lowest BCUT2D eigenvalue weighted by molar-refractivity contribution is -0.0440. The van der Waals surface area contributed by atoms with Gasteiger partial charge in [0.2, 0.25) is 0 Å². The van der Waals surface area contributed by atoms with Crippen molar-refractivity contribution in [2.45, 2.75) is 18.4 Å². The lowest BCUT2D eigenvalue weighted by atomic mass is 10.0. The molecule has 23 heavy (non-hydrogen) atoms. The quantitative estimate of drug-likeness (QED) is 0.925. The van der Waals surface area contributed by atoms with Gasteiger partial charge in [0.1, 0.15) is 11.1 Å². The van der Waals surface area contributed by atoms with Crippen molar-refractivity contribution in [1.29, 1.82) is 0 Å². The topological polar surface area (TPSA) is 62.0 Å². The molecule has 3 heterocycles. The monoisotopic (exact) mass is 317 g/mol. The van der Waals surface area contributed by atoms with E-state index < -0.39 is 5.60 Å². The number of fused-ring (bicyclic) bond motifs is 1. The average molecular weight is 317 g/mol. The Labute approximate surface area is 135 Å². The Morgan fingerprint density at radius 2 is 2.00 bits per heavy atom. The maximum Gasteiger partial charge on any atom is 0.298 e. The van der Waals surface area contributed by atoms with Gasteiger partial charge in [-0.15, -0.1) is 0 Å². The summed E-state index contributed by atoms with van der Waals surface area (Å²) in [5.74, 6) is 0. The lowest BCUT2D eigenvalue weighted by Gasteiger charge is -2.33. The van der Waals surface area contributed by atoms with Crippen molar-refractivity contribution < 1.29 is 14.3 Å². The first-order valence-corrected chi connectivity index (χ1v) is 8.35. The number of nitrogens with zero attached hydrogens (tertiary/aromatic N) is 3. The summed E-state index contributed by atoms with van der Waals surface area (Å²) in [6, 6.07) is 8.30. The predicted octanol–water partition coefficient (Wildman–Crippen LogP) is 1.49. The molecule has 4 rings (SSSR count). The Kier molecular flexibility index (Phi) is 3.97. The smallest absolute Gasteiger partial charge is 0.298 e. The number of oxazole rings is 1. The first kappa shape index (κ1) is 14.9. The highest BCUT2D eigenvalue weighted by atomic mass is 16.5. The summed E-state index contributed by atoms with van der Waals surface area (Å²) in [6.45, 7) is 4.85. The zero-order valence-electron chi connectivity index (χ0n) is 13.3. The molecule has 0 spiro atoms. The molecular formula is C17H23N3O3. The molecule has 1 aromatic carbocycles. The van der Waals surface area contributed by atoms with Crippen molar-refractivity contribution >= 4 is 17.1 Å². The van der Waals surface area contributed by atoms with Gasteiger partial charge < -0.3 is 24.1 Å². The second kappa shape index (κ2) is 6.11. The van der Waals surface area contributed by atoms with E-state index in [2.05, 4.69) is 9.88 Å². The molecule has 1 aromatic heterocycles. The normalized spacial score (nSPS) is 26.7. The molecule has 0 saturated carbocycles. The van der Waals surface area contributed by atoms with Gasteiger partial charge in [-0.05, 0) is 38.1 Å². The maximum atomic E-state index is 11.0. The standard InChI is InChI=1S/C17H23N3O3/c21-17(11-19-7-3-4-8-19)12-20(9-10-22-13-17)16-18-14-5-1-2-6-15(14)23-16/h1-2,5-6,21H,3-4,7-13H2. The van der Waals surface area contributed by atoms with Crippen molar-refractivity contribution in [3.63, 3.8) is 0 Å². The van der Waals surface area contributed by atoms with Crippen molar-refractivity contribution in [3.8, 4) is 0 Å². The molecule has 1 atom stereocenters. The minimum absolute atomic E-state index is 0.361. The average Bonchev–Trinajstić information content (AvgIpc) is 3.15. The number of hydrogen-bond acceptors (Lipinski definition) is 6. The fourth-order valence-corrected chi connectivity index (χ4v) is 3.53. The summed E-state index contributed by atoms with van der Waals surface area (Å²) >= 11 is 0. The summed E-state index contributed by atoms with van der Waals surface area (Å²) in [5.41, 5.74) is 0.730. The number of rotatable bonds is 3. The fraction of sp³-hybridized carbons (Fsp3) is 0.588. The fourth-order valence-electron chi connectivity index (χ4n) is 3.53. The first-order valence-electron chi connectivity index (χ1n) is 8.35. The Morgan fingerprint density at radius 3 is 2.83 bits per heavy atom. The molecule has 6 nitrogen and oxygen atoms in total. The van der Waals surface area contributed by atoms with Crippen LogP contribution in [0.5, 0.6) is 0 Å². The highest BCUT2D eigenvalue weighted by Gasteiger charge is 2.36. The molecule has 124 valence electrons.